The highest BCUT2D eigenvalue weighted by atomic mass is 32.2. The largest absolute Gasteiger partial charge is 0.442 e. The number of ether oxygens (including phenoxy) is 1. The van der Waals surface area contributed by atoms with Crippen molar-refractivity contribution in [2.75, 3.05) is 0 Å². The Morgan fingerprint density at radius 1 is 1.08 bits per heavy atom. The molecule has 0 spiro atoms. The summed E-state index contributed by atoms with van der Waals surface area (Å²) in [5.41, 5.74) is 4.06. The maximum absolute atomic E-state index is 13.5. The lowest BCUT2D eigenvalue weighted by Gasteiger charge is -2.37. The van der Waals surface area contributed by atoms with Crippen LogP contribution in [-0.2, 0) is 10.5 Å². The van der Waals surface area contributed by atoms with Crippen LogP contribution in [0.25, 0.3) is 15.9 Å². The molecule has 9 heteroatoms. The number of Topliss-reactive ketones (excluding diaryl/α,β-unsaturated/α-hetero) is 1. The zero-order chi connectivity index (χ0) is 25.1. The fourth-order valence-corrected chi connectivity index (χ4v) is 7.19. The Morgan fingerprint density at radius 2 is 1.89 bits per heavy atom. The van der Waals surface area contributed by atoms with Gasteiger partial charge in [-0.3, -0.25) is 4.79 Å². The summed E-state index contributed by atoms with van der Waals surface area (Å²) in [6.07, 6.45) is 2.83. The summed E-state index contributed by atoms with van der Waals surface area (Å²) >= 11 is 3.29. The van der Waals surface area contributed by atoms with Crippen molar-refractivity contribution < 1.29 is 9.53 Å². The number of aromatic nitrogens is 5. The van der Waals surface area contributed by atoms with E-state index >= 15 is 0 Å². The third kappa shape index (κ3) is 3.93. The van der Waals surface area contributed by atoms with Crippen molar-refractivity contribution in [2.45, 2.75) is 42.7 Å². The summed E-state index contributed by atoms with van der Waals surface area (Å²) < 4.78 is 10.2. The Hall–Kier alpha value is -3.56. The minimum atomic E-state index is -0.297. The van der Waals surface area contributed by atoms with Gasteiger partial charge in [-0.2, -0.15) is 0 Å². The van der Waals surface area contributed by atoms with E-state index in [0.29, 0.717) is 35.9 Å². The van der Waals surface area contributed by atoms with Crippen LogP contribution >= 0.6 is 23.1 Å². The average molecular weight is 526 g/mol. The highest BCUT2D eigenvalue weighted by molar-refractivity contribution is 8.00. The van der Waals surface area contributed by atoms with Crippen molar-refractivity contribution in [3.8, 4) is 5.88 Å². The number of carbonyl (C=O) groups is 1. The van der Waals surface area contributed by atoms with Gasteiger partial charge in [0.1, 0.15) is 12.1 Å². The number of ketones is 1. The molecular formula is C28H23N5O2S2. The summed E-state index contributed by atoms with van der Waals surface area (Å²) in [6, 6.07) is 18.2. The molecule has 0 N–H and O–H groups in total. The molecule has 0 saturated heterocycles. The third-order valence-corrected chi connectivity index (χ3v) is 9.01. The Labute approximate surface area is 221 Å². The van der Waals surface area contributed by atoms with E-state index in [1.54, 1.807) is 33.9 Å². The molecule has 5 aromatic rings. The van der Waals surface area contributed by atoms with E-state index in [0.717, 1.165) is 32.3 Å². The molecule has 1 unspecified atom stereocenters. The van der Waals surface area contributed by atoms with E-state index in [2.05, 4.69) is 37.0 Å². The summed E-state index contributed by atoms with van der Waals surface area (Å²) in [5, 5.41) is 4.71. The van der Waals surface area contributed by atoms with Crippen molar-refractivity contribution >= 4 is 44.7 Å². The standard InChI is InChI=1S/C28H23N5O2S2/c1-28(2)12-18(34)23-19(13-28)35-26-24(22(23)16-8-4-3-5-9-16)25-31-21(32-33(25)15-29-26)14-36-27-30-17-10-6-7-11-20(17)37-27/h3-11,15,22H,12-14H2,1-2H3. The van der Waals surface area contributed by atoms with E-state index in [1.807, 2.05) is 36.4 Å². The normalized spacial score (nSPS) is 18.6. The number of nitrogens with zero attached hydrogens (tertiary/aromatic N) is 5. The molecular weight excluding hydrogens is 502 g/mol. The van der Waals surface area contributed by atoms with Crippen LogP contribution < -0.4 is 4.74 Å². The van der Waals surface area contributed by atoms with Gasteiger partial charge in [-0.25, -0.2) is 19.5 Å². The van der Waals surface area contributed by atoms with Gasteiger partial charge in [0.25, 0.3) is 0 Å². The number of rotatable bonds is 4. The van der Waals surface area contributed by atoms with Crippen LogP contribution in [0.15, 0.2) is 76.6 Å². The minimum absolute atomic E-state index is 0.124. The van der Waals surface area contributed by atoms with Gasteiger partial charge in [0, 0.05) is 24.3 Å². The second-order valence-corrected chi connectivity index (χ2v) is 12.5. The van der Waals surface area contributed by atoms with Crippen molar-refractivity contribution in [3.63, 3.8) is 0 Å². The van der Waals surface area contributed by atoms with Gasteiger partial charge in [-0.05, 0) is 23.1 Å². The highest BCUT2D eigenvalue weighted by Crippen LogP contribution is 2.50. The van der Waals surface area contributed by atoms with Crippen LogP contribution in [0.2, 0.25) is 0 Å². The Balaban J connectivity index is 1.30. The number of hydrogen-bond donors (Lipinski definition) is 0. The van der Waals surface area contributed by atoms with Gasteiger partial charge in [-0.15, -0.1) is 16.4 Å². The molecule has 2 aromatic carbocycles. The van der Waals surface area contributed by atoms with Gasteiger partial charge in [0.15, 0.2) is 21.6 Å². The number of para-hydroxylation sites is 1. The molecule has 1 aliphatic carbocycles. The van der Waals surface area contributed by atoms with E-state index in [-0.39, 0.29) is 17.1 Å². The molecule has 2 aliphatic rings. The van der Waals surface area contributed by atoms with Crippen LogP contribution in [0.3, 0.4) is 0 Å². The van der Waals surface area contributed by atoms with Crippen molar-refractivity contribution in [1.29, 1.82) is 0 Å². The lowest BCUT2D eigenvalue weighted by molar-refractivity contribution is -0.118. The Kier molecular flexibility index (Phi) is 5.19. The van der Waals surface area contributed by atoms with Gasteiger partial charge < -0.3 is 4.74 Å². The van der Waals surface area contributed by atoms with Gasteiger partial charge in [0.05, 0.1) is 21.5 Å². The summed E-state index contributed by atoms with van der Waals surface area (Å²) in [4.78, 5) is 27.8. The molecule has 4 heterocycles. The summed E-state index contributed by atoms with van der Waals surface area (Å²) in [6.45, 7) is 4.21. The number of allylic oxidation sites excluding steroid dienone is 2. The first-order chi connectivity index (χ1) is 17.9. The monoisotopic (exact) mass is 525 g/mol. The zero-order valence-electron chi connectivity index (χ0n) is 20.3. The fourth-order valence-electron chi connectivity index (χ4n) is 5.27. The number of hydrogen-bond acceptors (Lipinski definition) is 8. The molecule has 37 heavy (non-hydrogen) atoms. The smallest absolute Gasteiger partial charge is 0.228 e. The number of thioether (sulfide) groups is 1. The molecule has 1 aliphatic heterocycles. The summed E-state index contributed by atoms with van der Waals surface area (Å²) in [5.74, 6) is 2.32. The van der Waals surface area contributed by atoms with Gasteiger partial charge >= 0.3 is 0 Å². The summed E-state index contributed by atoms with van der Waals surface area (Å²) in [7, 11) is 0. The second kappa shape index (κ2) is 8.49. The quantitative estimate of drug-likeness (QED) is 0.259. The first-order valence-corrected chi connectivity index (χ1v) is 14.0. The molecule has 1 atom stereocenters. The van der Waals surface area contributed by atoms with E-state index in [9.17, 15) is 4.79 Å². The van der Waals surface area contributed by atoms with Crippen molar-refractivity contribution in [2.24, 2.45) is 5.41 Å². The predicted octanol–water partition coefficient (Wildman–Crippen LogP) is 6.19. The topological polar surface area (TPSA) is 82.3 Å². The maximum Gasteiger partial charge on any atom is 0.228 e. The second-order valence-electron chi connectivity index (χ2n) is 10.2. The molecule has 0 radical (unpaired) electrons. The van der Waals surface area contributed by atoms with Crippen LogP contribution in [-0.4, -0.2) is 30.3 Å². The fraction of sp³-hybridized carbons (Fsp3) is 0.250. The minimum Gasteiger partial charge on any atom is -0.442 e. The lowest BCUT2D eigenvalue weighted by Crippen LogP contribution is -2.33. The molecule has 7 nitrogen and oxygen atoms in total. The Bertz CT molecular complexity index is 1690. The van der Waals surface area contributed by atoms with Crippen LogP contribution in [0, 0.1) is 5.41 Å². The van der Waals surface area contributed by atoms with E-state index < -0.39 is 0 Å². The SMILES string of the molecule is CC1(C)CC(=O)C2=C(C1)Oc1ncn3nc(CSc4nc5ccccc5s4)nc3c1C2c1ccccc1. The van der Waals surface area contributed by atoms with Crippen molar-refractivity contribution in [3.05, 3.63) is 89.2 Å². The lowest BCUT2D eigenvalue weighted by atomic mass is 9.70. The van der Waals surface area contributed by atoms with Crippen molar-refractivity contribution in [1.82, 2.24) is 24.6 Å². The molecule has 7 rings (SSSR count). The maximum atomic E-state index is 13.5. The number of thiazole rings is 1. The van der Waals surface area contributed by atoms with E-state index in [4.69, 9.17) is 19.8 Å². The van der Waals surface area contributed by atoms with Crippen LogP contribution in [0.1, 0.15) is 49.6 Å². The van der Waals surface area contributed by atoms with Crippen LogP contribution in [0.5, 0.6) is 5.88 Å². The first kappa shape index (κ1) is 22.6. The number of benzene rings is 2. The number of carbonyl (C=O) groups excluding carboxylic acids is 1. The average Bonchev–Trinajstić information content (AvgIpc) is 3.49. The van der Waals surface area contributed by atoms with Gasteiger partial charge in [0.2, 0.25) is 5.88 Å². The van der Waals surface area contributed by atoms with E-state index in [1.165, 1.54) is 4.70 Å². The predicted molar refractivity (Wildman–Crippen MR) is 144 cm³/mol. The third-order valence-electron chi connectivity index (χ3n) is 6.84. The Morgan fingerprint density at radius 3 is 2.73 bits per heavy atom. The first-order valence-electron chi connectivity index (χ1n) is 12.2. The molecule has 0 amide bonds. The number of fused-ring (bicyclic) bond motifs is 4. The highest BCUT2D eigenvalue weighted by Gasteiger charge is 2.43. The van der Waals surface area contributed by atoms with Gasteiger partial charge in [-0.1, -0.05) is 68.1 Å². The molecule has 0 bridgehead atoms. The molecule has 0 fully saturated rings. The molecule has 3 aromatic heterocycles. The van der Waals surface area contributed by atoms with Crippen LogP contribution in [0.4, 0.5) is 0 Å². The zero-order valence-corrected chi connectivity index (χ0v) is 22.0. The molecule has 0 saturated carbocycles. The molecule has 184 valence electrons.